The molecule has 2 atom stereocenters. The monoisotopic (exact) mass is 315 g/mol. The first-order valence-corrected chi connectivity index (χ1v) is 8.64. The Bertz CT molecular complexity index is 706. The van der Waals surface area contributed by atoms with Gasteiger partial charge in [0.2, 0.25) is 0 Å². The number of aromatic nitrogens is 4. The van der Waals surface area contributed by atoms with Crippen LogP contribution in [0.3, 0.4) is 0 Å². The molecular weight excluding hydrogens is 290 g/mol. The van der Waals surface area contributed by atoms with Crippen molar-refractivity contribution in [1.82, 2.24) is 19.7 Å². The average Bonchev–Trinajstić information content (AvgIpc) is 3.20. The summed E-state index contributed by atoms with van der Waals surface area (Å²) in [6, 6.07) is 0.500. The Kier molecular flexibility index (Phi) is 3.52. The maximum atomic E-state index is 6.05. The Morgan fingerprint density at radius 2 is 2.13 bits per heavy atom. The summed E-state index contributed by atoms with van der Waals surface area (Å²) in [5.41, 5.74) is 1.20. The van der Waals surface area contributed by atoms with Crippen LogP contribution in [0.1, 0.15) is 39.0 Å². The highest BCUT2D eigenvalue weighted by atomic mass is 16.5. The minimum absolute atomic E-state index is 0.310. The molecule has 0 saturated heterocycles. The van der Waals surface area contributed by atoms with Crippen LogP contribution in [0.25, 0.3) is 11.0 Å². The number of nitrogens with zero attached hydrogens (tertiary/aromatic N) is 5. The highest BCUT2D eigenvalue weighted by molar-refractivity contribution is 5.86. The second-order valence-electron chi connectivity index (χ2n) is 6.95. The third-order valence-electron chi connectivity index (χ3n) is 5.95. The van der Waals surface area contributed by atoms with Gasteiger partial charge in [-0.2, -0.15) is 5.10 Å². The summed E-state index contributed by atoms with van der Waals surface area (Å²) < 4.78 is 7.86. The molecular formula is C17H25N5O. The van der Waals surface area contributed by atoms with E-state index in [-0.39, 0.29) is 0 Å². The van der Waals surface area contributed by atoms with E-state index in [0.717, 1.165) is 29.9 Å². The maximum absolute atomic E-state index is 6.05. The zero-order chi connectivity index (χ0) is 16.0. The molecule has 2 aliphatic carbocycles. The van der Waals surface area contributed by atoms with Crippen molar-refractivity contribution in [1.29, 1.82) is 0 Å². The highest BCUT2D eigenvalue weighted by Crippen LogP contribution is 2.57. The van der Waals surface area contributed by atoms with Gasteiger partial charge in [-0.1, -0.05) is 12.8 Å². The van der Waals surface area contributed by atoms with Crippen molar-refractivity contribution < 1.29 is 4.74 Å². The molecule has 0 aromatic carbocycles. The second kappa shape index (κ2) is 5.44. The first-order chi connectivity index (χ1) is 11.2. The van der Waals surface area contributed by atoms with Gasteiger partial charge in [0.15, 0.2) is 5.65 Å². The molecule has 2 aromatic heterocycles. The van der Waals surface area contributed by atoms with Crippen LogP contribution in [0.15, 0.2) is 12.5 Å². The molecule has 4 rings (SSSR count). The quantitative estimate of drug-likeness (QED) is 0.868. The molecule has 6 heteroatoms. The van der Waals surface area contributed by atoms with Crippen LogP contribution in [0.5, 0.6) is 0 Å². The van der Waals surface area contributed by atoms with Crippen molar-refractivity contribution >= 4 is 16.9 Å². The van der Waals surface area contributed by atoms with Gasteiger partial charge in [-0.05, 0) is 26.2 Å². The summed E-state index contributed by atoms with van der Waals surface area (Å²) in [5, 5.41) is 5.37. The SMILES string of the molecule is CCO[C@H]1C[C@@H](N(C)c2ncnc3c2cnn3C)C12CCCC2. The van der Waals surface area contributed by atoms with E-state index in [2.05, 4.69) is 33.9 Å². The molecule has 124 valence electrons. The van der Waals surface area contributed by atoms with Crippen molar-refractivity contribution in [3.8, 4) is 0 Å². The van der Waals surface area contributed by atoms with Crippen molar-refractivity contribution in [3.63, 3.8) is 0 Å². The molecule has 0 aliphatic heterocycles. The van der Waals surface area contributed by atoms with Crippen molar-refractivity contribution in [2.75, 3.05) is 18.6 Å². The van der Waals surface area contributed by atoms with E-state index in [4.69, 9.17) is 4.74 Å². The zero-order valence-corrected chi connectivity index (χ0v) is 14.2. The molecule has 2 fully saturated rings. The number of hydrogen-bond acceptors (Lipinski definition) is 5. The molecule has 0 unspecified atom stereocenters. The van der Waals surface area contributed by atoms with E-state index in [1.165, 1.54) is 25.7 Å². The molecule has 0 bridgehead atoms. The molecule has 23 heavy (non-hydrogen) atoms. The van der Waals surface area contributed by atoms with Crippen LogP contribution >= 0.6 is 0 Å². The smallest absolute Gasteiger partial charge is 0.163 e. The van der Waals surface area contributed by atoms with Gasteiger partial charge in [-0.3, -0.25) is 4.68 Å². The van der Waals surface area contributed by atoms with Gasteiger partial charge < -0.3 is 9.64 Å². The lowest BCUT2D eigenvalue weighted by molar-refractivity contribution is -0.121. The van der Waals surface area contributed by atoms with Gasteiger partial charge in [0.1, 0.15) is 12.1 Å². The average molecular weight is 315 g/mol. The molecule has 2 saturated carbocycles. The Morgan fingerprint density at radius 3 is 2.87 bits per heavy atom. The fraction of sp³-hybridized carbons (Fsp3) is 0.706. The fourth-order valence-electron chi connectivity index (χ4n) is 4.77. The largest absolute Gasteiger partial charge is 0.378 e. The standard InChI is InChI=1S/C17H25N5O/c1-4-23-14-9-13(17(14)7-5-6-8-17)21(2)15-12-10-20-22(3)16(12)19-11-18-15/h10-11,13-14H,4-9H2,1-3H3/t13-,14+/m1/s1. The van der Waals surface area contributed by atoms with E-state index < -0.39 is 0 Å². The van der Waals surface area contributed by atoms with Gasteiger partial charge in [0.05, 0.1) is 17.7 Å². The number of hydrogen-bond donors (Lipinski definition) is 0. The molecule has 0 radical (unpaired) electrons. The fourth-order valence-corrected chi connectivity index (χ4v) is 4.77. The minimum Gasteiger partial charge on any atom is -0.378 e. The molecule has 6 nitrogen and oxygen atoms in total. The molecule has 2 aliphatic rings. The lowest BCUT2D eigenvalue weighted by Gasteiger charge is -2.57. The molecule has 1 spiro atoms. The summed E-state index contributed by atoms with van der Waals surface area (Å²) in [6.07, 6.45) is 10.2. The Morgan fingerprint density at radius 1 is 1.35 bits per heavy atom. The van der Waals surface area contributed by atoms with Gasteiger partial charge in [-0.25, -0.2) is 9.97 Å². The van der Waals surface area contributed by atoms with Crippen molar-refractivity contribution in [2.45, 2.75) is 51.2 Å². The summed E-state index contributed by atoms with van der Waals surface area (Å²) in [4.78, 5) is 11.3. The number of rotatable bonds is 4. The summed E-state index contributed by atoms with van der Waals surface area (Å²) in [6.45, 7) is 2.91. The highest BCUT2D eigenvalue weighted by Gasteiger charge is 2.58. The van der Waals surface area contributed by atoms with Gasteiger partial charge >= 0.3 is 0 Å². The number of aryl methyl sites for hydroxylation is 1. The zero-order valence-electron chi connectivity index (χ0n) is 14.2. The van der Waals surface area contributed by atoms with Gasteiger partial charge in [-0.15, -0.1) is 0 Å². The van der Waals surface area contributed by atoms with E-state index in [1.54, 1.807) is 6.33 Å². The van der Waals surface area contributed by atoms with Gasteiger partial charge in [0, 0.05) is 32.2 Å². The van der Waals surface area contributed by atoms with Crippen LogP contribution in [0.4, 0.5) is 5.82 Å². The van der Waals surface area contributed by atoms with Crippen molar-refractivity contribution in [3.05, 3.63) is 12.5 Å². The maximum Gasteiger partial charge on any atom is 0.163 e. The van der Waals surface area contributed by atoms with Gasteiger partial charge in [0.25, 0.3) is 0 Å². The van der Waals surface area contributed by atoms with Crippen LogP contribution in [0, 0.1) is 5.41 Å². The van der Waals surface area contributed by atoms with E-state index in [9.17, 15) is 0 Å². The van der Waals surface area contributed by atoms with Crippen LogP contribution in [0.2, 0.25) is 0 Å². The third-order valence-corrected chi connectivity index (χ3v) is 5.95. The minimum atomic E-state index is 0.310. The van der Waals surface area contributed by atoms with Crippen molar-refractivity contribution in [2.24, 2.45) is 12.5 Å². The Labute approximate surface area is 136 Å². The predicted octanol–water partition coefficient (Wildman–Crippen LogP) is 2.54. The summed E-state index contributed by atoms with van der Waals surface area (Å²) >= 11 is 0. The van der Waals surface area contributed by atoms with Crippen LogP contribution in [-0.2, 0) is 11.8 Å². The summed E-state index contributed by atoms with van der Waals surface area (Å²) in [7, 11) is 4.09. The molecule has 2 aromatic rings. The van der Waals surface area contributed by atoms with E-state index in [1.807, 2.05) is 17.9 Å². The van der Waals surface area contributed by atoms with Crippen LogP contribution < -0.4 is 4.90 Å². The topological polar surface area (TPSA) is 56.1 Å². The Hall–Kier alpha value is -1.69. The molecule has 0 N–H and O–H groups in total. The lowest BCUT2D eigenvalue weighted by atomic mass is 9.60. The van der Waals surface area contributed by atoms with Crippen LogP contribution in [-0.4, -0.2) is 45.5 Å². The second-order valence-corrected chi connectivity index (χ2v) is 6.95. The number of ether oxygens (including phenoxy) is 1. The third kappa shape index (κ3) is 2.07. The number of anilines is 1. The van der Waals surface area contributed by atoms with E-state index >= 15 is 0 Å². The van der Waals surface area contributed by atoms with E-state index in [0.29, 0.717) is 17.6 Å². The lowest BCUT2D eigenvalue weighted by Crippen LogP contribution is -2.63. The first-order valence-electron chi connectivity index (χ1n) is 8.64. The Balaban J connectivity index is 1.67. The summed E-state index contributed by atoms with van der Waals surface area (Å²) in [5.74, 6) is 0.995. The predicted molar refractivity (Wildman–Crippen MR) is 89.4 cm³/mol. The number of fused-ring (bicyclic) bond motifs is 1. The molecule has 2 heterocycles. The first kappa shape index (κ1) is 14.9. The molecule has 0 amide bonds. The normalized spacial score (nSPS) is 25.9.